The van der Waals surface area contributed by atoms with Crippen LogP contribution in [0.25, 0.3) is 0 Å². The molecule has 0 radical (unpaired) electrons. The third-order valence-electron chi connectivity index (χ3n) is 3.25. The number of carbonyl (C=O) groups is 1. The maximum atomic E-state index is 11.7. The Morgan fingerprint density at radius 3 is 2.65 bits per heavy atom. The molecule has 0 aliphatic carbocycles. The van der Waals surface area contributed by atoms with Crippen LogP contribution in [-0.4, -0.2) is 31.7 Å². The van der Waals surface area contributed by atoms with Crippen molar-refractivity contribution in [1.82, 2.24) is 5.32 Å². The van der Waals surface area contributed by atoms with E-state index in [2.05, 4.69) is 19.2 Å². The zero-order chi connectivity index (χ0) is 12.7. The van der Waals surface area contributed by atoms with E-state index in [1.165, 1.54) is 0 Å². The first-order valence-electron chi connectivity index (χ1n) is 6.70. The topological polar surface area (TPSA) is 64.4 Å². The van der Waals surface area contributed by atoms with Gasteiger partial charge >= 0.3 is 0 Å². The number of hydrogen-bond donors (Lipinski definition) is 2. The number of carbonyl (C=O) groups excluding carboxylic acids is 1. The summed E-state index contributed by atoms with van der Waals surface area (Å²) in [5, 5.41) is 2.93. The van der Waals surface area contributed by atoms with E-state index < -0.39 is 0 Å². The van der Waals surface area contributed by atoms with Crippen molar-refractivity contribution in [2.24, 2.45) is 17.6 Å². The summed E-state index contributed by atoms with van der Waals surface area (Å²) in [6.45, 7) is 6.64. The van der Waals surface area contributed by atoms with Crippen molar-refractivity contribution < 1.29 is 9.53 Å². The summed E-state index contributed by atoms with van der Waals surface area (Å²) in [4.78, 5) is 11.7. The van der Waals surface area contributed by atoms with Crippen molar-refractivity contribution in [3.63, 3.8) is 0 Å². The lowest BCUT2D eigenvalue weighted by atomic mass is 9.96. The van der Waals surface area contributed by atoms with E-state index in [1.54, 1.807) is 0 Å². The van der Waals surface area contributed by atoms with Gasteiger partial charge in [0.2, 0.25) is 5.91 Å². The zero-order valence-corrected chi connectivity index (χ0v) is 11.1. The Hall–Kier alpha value is -0.610. The van der Waals surface area contributed by atoms with Crippen LogP contribution in [0, 0.1) is 11.8 Å². The van der Waals surface area contributed by atoms with Crippen molar-refractivity contribution in [1.29, 1.82) is 0 Å². The molecule has 0 aromatic carbocycles. The molecule has 1 heterocycles. The summed E-state index contributed by atoms with van der Waals surface area (Å²) in [6, 6.07) is -0.357. The second-order valence-electron chi connectivity index (χ2n) is 5.37. The molecule has 1 aliphatic rings. The van der Waals surface area contributed by atoms with Gasteiger partial charge in [-0.25, -0.2) is 0 Å². The van der Waals surface area contributed by atoms with Crippen molar-refractivity contribution in [3.05, 3.63) is 0 Å². The summed E-state index contributed by atoms with van der Waals surface area (Å²) < 4.78 is 5.30. The van der Waals surface area contributed by atoms with Gasteiger partial charge in [-0.3, -0.25) is 4.79 Å². The van der Waals surface area contributed by atoms with Crippen LogP contribution in [0.15, 0.2) is 0 Å². The lowest BCUT2D eigenvalue weighted by molar-refractivity contribution is -0.122. The van der Waals surface area contributed by atoms with Crippen LogP contribution >= 0.6 is 0 Å². The first kappa shape index (κ1) is 14.5. The fraction of sp³-hybridized carbons (Fsp3) is 0.923. The van der Waals surface area contributed by atoms with Gasteiger partial charge in [0.15, 0.2) is 0 Å². The second kappa shape index (κ2) is 7.67. The van der Waals surface area contributed by atoms with E-state index >= 15 is 0 Å². The van der Waals surface area contributed by atoms with E-state index in [9.17, 15) is 4.79 Å². The van der Waals surface area contributed by atoms with Crippen LogP contribution in [-0.2, 0) is 9.53 Å². The Kier molecular flexibility index (Phi) is 6.52. The van der Waals surface area contributed by atoms with Crippen LogP contribution in [0.2, 0.25) is 0 Å². The molecule has 100 valence electrons. The van der Waals surface area contributed by atoms with Gasteiger partial charge in [0.25, 0.3) is 0 Å². The predicted molar refractivity (Wildman–Crippen MR) is 68.6 cm³/mol. The Bertz CT molecular complexity index is 225. The van der Waals surface area contributed by atoms with Crippen molar-refractivity contribution in [2.75, 3.05) is 19.8 Å². The molecule has 1 rings (SSSR count). The fourth-order valence-electron chi connectivity index (χ4n) is 2.18. The lowest BCUT2D eigenvalue weighted by Crippen LogP contribution is -2.42. The Labute approximate surface area is 104 Å². The molecule has 1 fully saturated rings. The van der Waals surface area contributed by atoms with Gasteiger partial charge in [0.05, 0.1) is 6.04 Å². The van der Waals surface area contributed by atoms with E-state index in [0.717, 1.165) is 45.4 Å². The van der Waals surface area contributed by atoms with E-state index in [-0.39, 0.29) is 11.9 Å². The third-order valence-corrected chi connectivity index (χ3v) is 3.25. The highest BCUT2D eigenvalue weighted by Crippen LogP contribution is 2.17. The number of hydrogen-bond acceptors (Lipinski definition) is 3. The van der Waals surface area contributed by atoms with E-state index in [1.807, 2.05) is 0 Å². The Balaban J connectivity index is 2.10. The average molecular weight is 242 g/mol. The van der Waals surface area contributed by atoms with E-state index in [4.69, 9.17) is 10.5 Å². The normalized spacial score (nSPS) is 19.3. The van der Waals surface area contributed by atoms with Gasteiger partial charge < -0.3 is 15.8 Å². The van der Waals surface area contributed by atoms with Gasteiger partial charge in [0.1, 0.15) is 0 Å². The zero-order valence-electron chi connectivity index (χ0n) is 11.1. The quantitative estimate of drug-likeness (QED) is 0.737. The van der Waals surface area contributed by atoms with Gasteiger partial charge in [-0.2, -0.15) is 0 Å². The third kappa shape index (κ3) is 6.03. The molecule has 4 nitrogen and oxygen atoms in total. The molecular weight excluding hydrogens is 216 g/mol. The standard InChI is InChI=1S/C13H26N2O2/c1-10(2)9-12(14)13(16)15-6-3-11-4-7-17-8-5-11/h10-12H,3-9,14H2,1-2H3,(H,15,16)/t12-/m0/s1. The van der Waals surface area contributed by atoms with Gasteiger partial charge in [0, 0.05) is 19.8 Å². The largest absolute Gasteiger partial charge is 0.381 e. The molecule has 0 aromatic rings. The molecule has 1 amide bonds. The van der Waals surface area contributed by atoms with Crippen molar-refractivity contribution in [3.8, 4) is 0 Å². The molecule has 0 unspecified atom stereocenters. The van der Waals surface area contributed by atoms with Crippen LogP contribution < -0.4 is 11.1 Å². The molecule has 1 saturated heterocycles. The summed E-state index contributed by atoms with van der Waals surface area (Å²) >= 11 is 0. The molecule has 1 aliphatic heterocycles. The molecule has 0 saturated carbocycles. The minimum Gasteiger partial charge on any atom is -0.381 e. The molecule has 0 bridgehead atoms. The van der Waals surface area contributed by atoms with Crippen LogP contribution in [0.1, 0.15) is 39.5 Å². The molecule has 3 N–H and O–H groups in total. The number of rotatable bonds is 6. The van der Waals surface area contributed by atoms with Crippen molar-refractivity contribution in [2.45, 2.75) is 45.6 Å². The SMILES string of the molecule is CC(C)C[C@H](N)C(=O)NCCC1CCOCC1. The van der Waals surface area contributed by atoms with Crippen LogP contribution in [0.4, 0.5) is 0 Å². The van der Waals surface area contributed by atoms with Crippen LogP contribution in [0.5, 0.6) is 0 Å². The summed E-state index contributed by atoms with van der Waals surface area (Å²) in [5.41, 5.74) is 5.81. The molecule has 0 aromatic heterocycles. The molecule has 4 heteroatoms. The smallest absolute Gasteiger partial charge is 0.236 e. The Morgan fingerprint density at radius 2 is 2.06 bits per heavy atom. The van der Waals surface area contributed by atoms with Crippen LogP contribution in [0.3, 0.4) is 0 Å². The predicted octanol–water partition coefficient (Wildman–Crippen LogP) is 1.29. The summed E-state index contributed by atoms with van der Waals surface area (Å²) in [5.74, 6) is 1.15. The first-order chi connectivity index (χ1) is 8.09. The van der Waals surface area contributed by atoms with Gasteiger partial charge in [-0.15, -0.1) is 0 Å². The molecule has 1 atom stereocenters. The first-order valence-corrected chi connectivity index (χ1v) is 6.70. The molecule has 0 spiro atoms. The number of nitrogens with one attached hydrogen (secondary N) is 1. The highest BCUT2D eigenvalue weighted by molar-refractivity contribution is 5.81. The van der Waals surface area contributed by atoms with Gasteiger partial charge in [-0.1, -0.05) is 13.8 Å². The Morgan fingerprint density at radius 1 is 1.41 bits per heavy atom. The minimum absolute atomic E-state index is 0.00856. The minimum atomic E-state index is -0.357. The van der Waals surface area contributed by atoms with Crippen molar-refractivity contribution >= 4 is 5.91 Å². The highest BCUT2D eigenvalue weighted by atomic mass is 16.5. The lowest BCUT2D eigenvalue weighted by Gasteiger charge is -2.22. The molecular formula is C13H26N2O2. The number of ether oxygens (including phenoxy) is 1. The average Bonchev–Trinajstić information content (AvgIpc) is 2.29. The maximum Gasteiger partial charge on any atom is 0.236 e. The second-order valence-corrected chi connectivity index (χ2v) is 5.37. The number of amides is 1. The summed E-state index contributed by atoms with van der Waals surface area (Å²) in [7, 11) is 0. The molecule has 17 heavy (non-hydrogen) atoms. The monoisotopic (exact) mass is 242 g/mol. The highest BCUT2D eigenvalue weighted by Gasteiger charge is 2.16. The maximum absolute atomic E-state index is 11.7. The fourth-order valence-corrected chi connectivity index (χ4v) is 2.18. The summed E-state index contributed by atoms with van der Waals surface area (Å²) in [6.07, 6.45) is 4.04. The van der Waals surface area contributed by atoms with Gasteiger partial charge in [-0.05, 0) is 37.5 Å². The van der Waals surface area contributed by atoms with E-state index in [0.29, 0.717) is 11.8 Å². The number of nitrogens with two attached hydrogens (primary N) is 1.